The highest BCUT2D eigenvalue weighted by atomic mass is 16.5. The van der Waals surface area contributed by atoms with Crippen molar-refractivity contribution in [3.8, 4) is 5.75 Å². The minimum atomic E-state index is -0.402. The molecule has 1 aromatic heterocycles. The molecule has 0 fully saturated rings. The smallest absolute Gasteiger partial charge is 0.290 e. The summed E-state index contributed by atoms with van der Waals surface area (Å²) in [6.45, 7) is 5.06. The van der Waals surface area contributed by atoms with E-state index in [9.17, 15) is 5.11 Å². The molecule has 0 spiro atoms. The van der Waals surface area contributed by atoms with Gasteiger partial charge in [0.15, 0.2) is 0 Å². The molecule has 2 heterocycles. The first-order chi connectivity index (χ1) is 17.6. The van der Waals surface area contributed by atoms with Gasteiger partial charge in [0, 0.05) is 28.9 Å². The molecule has 188 valence electrons. The van der Waals surface area contributed by atoms with Gasteiger partial charge in [-0.25, -0.2) is 4.99 Å². The fourth-order valence-electron chi connectivity index (χ4n) is 5.00. The van der Waals surface area contributed by atoms with Gasteiger partial charge < -0.3 is 19.2 Å². The molecule has 6 heteroatoms. The van der Waals surface area contributed by atoms with E-state index >= 15 is 0 Å². The van der Waals surface area contributed by atoms with Crippen LogP contribution in [0, 0.1) is 5.92 Å². The van der Waals surface area contributed by atoms with Crippen LogP contribution in [-0.4, -0.2) is 29.7 Å². The number of phenols is 1. The molecule has 2 N–H and O–H groups in total. The van der Waals surface area contributed by atoms with E-state index in [4.69, 9.17) is 14.1 Å². The lowest BCUT2D eigenvalue weighted by Crippen LogP contribution is -2.47. The van der Waals surface area contributed by atoms with E-state index in [1.54, 1.807) is 6.07 Å². The van der Waals surface area contributed by atoms with Crippen LogP contribution >= 0.6 is 0 Å². The zero-order chi connectivity index (χ0) is 25.1. The van der Waals surface area contributed by atoms with Crippen LogP contribution in [0.4, 0.5) is 0 Å². The maximum Gasteiger partial charge on any atom is 0.290 e. The number of rotatable bonds is 8. The van der Waals surface area contributed by atoms with Crippen molar-refractivity contribution >= 4 is 28.0 Å². The van der Waals surface area contributed by atoms with E-state index in [-0.39, 0.29) is 11.9 Å². The van der Waals surface area contributed by atoms with E-state index in [0.29, 0.717) is 18.5 Å². The van der Waals surface area contributed by atoms with Gasteiger partial charge in [-0.2, -0.15) is 0 Å². The largest absolute Gasteiger partial charge is 0.508 e. The van der Waals surface area contributed by atoms with Gasteiger partial charge in [-0.1, -0.05) is 87.7 Å². The Morgan fingerprint density at radius 3 is 2.56 bits per heavy atom. The SMILES string of the molecule is CCCCC(CC)COC1=NC(c2cccc3c2oc2ccccc23)NC(c2ccccc2O)N1C. The molecule has 3 atom stereocenters. The molecule has 3 unspecified atom stereocenters. The first kappa shape index (κ1) is 24.2. The van der Waals surface area contributed by atoms with Gasteiger partial charge >= 0.3 is 0 Å². The van der Waals surface area contributed by atoms with Crippen molar-refractivity contribution < 1.29 is 14.3 Å². The van der Waals surface area contributed by atoms with Crippen molar-refractivity contribution in [2.75, 3.05) is 13.7 Å². The van der Waals surface area contributed by atoms with Crippen LogP contribution in [0.25, 0.3) is 21.9 Å². The maximum atomic E-state index is 10.7. The van der Waals surface area contributed by atoms with Crippen molar-refractivity contribution in [1.82, 2.24) is 10.2 Å². The highest BCUT2D eigenvalue weighted by Gasteiger charge is 2.33. The minimum Gasteiger partial charge on any atom is -0.508 e. The minimum absolute atomic E-state index is 0.234. The number of hydrogen-bond acceptors (Lipinski definition) is 6. The lowest BCUT2D eigenvalue weighted by molar-refractivity contribution is 0.140. The number of furan rings is 1. The number of benzene rings is 3. The Bertz CT molecular complexity index is 1360. The van der Waals surface area contributed by atoms with E-state index in [1.165, 1.54) is 12.8 Å². The molecule has 1 aliphatic rings. The summed E-state index contributed by atoms with van der Waals surface area (Å²) in [6, 6.07) is 22.2. The van der Waals surface area contributed by atoms with Crippen LogP contribution in [-0.2, 0) is 4.74 Å². The molecular formula is C30H35N3O3. The Labute approximate surface area is 212 Å². The predicted octanol–water partition coefficient (Wildman–Crippen LogP) is 7.11. The van der Waals surface area contributed by atoms with Crippen LogP contribution in [0.5, 0.6) is 5.75 Å². The zero-order valence-electron chi connectivity index (χ0n) is 21.3. The number of para-hydroxylation sites is 3. The van der Waals surface area contributed by atoms with Crippen LogP contribution in [0.2, 0.25) is 0 Å². The van der Waals surface area contributed by atoms with Crippen molar-refractivity contribution in [2.24, 2.45) is 10.9 Å². The highest BCUT2D eigenvalue weighted by Crippen LogP contribution is 2.37. The molecule has 4 aromatic rings. The van der Waals surface area contributed by atoms with Crippen LogP contribution in [0.3, 0.4) is 0 Å². The van der Waals surface area contributed by atoms with Gasteiger partial charge in [-0.05, 0) is 24.5 Å². The second kappa shape index (κ2) is 10.6. The van der Waals surface area contributed by atoms with Crippen LogP contribution in [0.1, 0.15) is 63.0 Å². The van der Waals surface area contributed by atoms with E-state index in [2.05, 4.69) is 31.3 Å². The summed E-state index contributed by atoms with van der Waals surface area (Å²) in [5, 5.41) is 16.4. The molecule has 0 radical (unpaired) electrons. The third-order valence-corrected chi connectivity index (χ3v) is 7.20. The van der Waals surface area contributed by atoms with Crippen molar-refractivity contribution in [3.63, 3.8) is 0 Å². The number of phenolic OH excluding ortho intramolecular Hbond substituents is 1. The Hall–Kier alpha value is -3.51. The molecule has 3 aromatic carbocycles. The molecule has 0 amide bonds. The standard InChI is InChI=1S/C30H35N3O3/c1-4-6-12-20(5-2)19-35-30-32-28(31-29(33(30)3)23-14-7-9-17-25(23)34)24-16-11-15-22-21-13-8-10-18-26(21)36-27(22)24/h7-11,13-18,20,28-29,31,34H,4-6,12,19H2,1-3H3. The third-order valence-electron chi connectivity index (χ3n) is 7.20. The fourth-order valence-corrected chi connectivity index (χ4v) is 5.00. The third kappa shape index (κ3) is 4.65. The predicted molar refractivity (Wildman–Crippen MR) is 145 cm³/mol. The van der Waals surface area contributed by atoms with Crippen molar-refractivity contribution in [3.05, 3.63) is 77.9 Å². The molecule has 0 saturated carbocycles. The summed E-state index contributed by atoms with van der Waals surface area (Å²) >= 11 is 0. The van der Waals surface area contributed by atoms with Gasteiger partial charge in [0.1, 0.15) is 29.2 Å². The average Bonchev–Trinajstić information content (AvgIpc) is 3.29. The van der Waals surface area contributed by atoms with E-state index in [1.807, 2.05) is 60.5 Å². The Morgan fingerprint density at radius 1 is 1.00 bits per heavy atom. The second-order valence-corrected chi connectivity index (χ2v) is 9.60. The summed E-state index contributed by atoms with van der Waals surface area (Å²) in [6.07, 6.45) is 3.87. The molecule has 6 nitrogen and oxygen atoms in total. The number of aliphatic imine (C=N–C) groups is 1. The van der Waals surface area contributed by atoms with Gasteiger partial charge in [0.2, 0.25) is 0 Å². The number of nitrogens with zero attached hydrogens (tertiary/aromatic N) is 2. The topological polar surface area (TPSA) is 70.2 Å². The average molecular weight is 486 g/mol. The maximum absolute atomic E-state index is 10.7. The van der Waals surface area contributed by atoms with Gasteiger partial charge in [0.05, 0.1) is 6.61 Å². The molecule has 5 rings (SSSR count). The van der Waals surface area contributed by atoms with Gasteiger partial charge in [-0.15, -0.1) is 0 Å². The summed E-state index contributed by atoms with van der Waals surface area (Å²) in [5.41, 5.74) is 3.38. The number of nitrogens with one attached hydrogen (secondary N) is 1. The monoisotopic (exact) mass is 485 g/mol. The Morgan fingerprint density at radius 2 is 1.75 bits per heavy atom. The number of ether oxygens (including phenoxy) is 1. The van der Waals surface area contributed by atoms with E-state index < -0.39 is 6.17 Å². The summed E-state index contributed by atoms with van der Waals surface area (Å²) in [7, 11) is 1.95. The fraction of sp³-hybridized carbons (Fsp3) is 0.367. The summed E-state index contributed by atoms with van der Waals surface area (Å²) in [5.74, 6) is 0.718. The molecule has 1 aliphatic heterocycles. The second-order valence-electron chi connectivity index (χ2n) is 9.60. The lowest BCUT2D eigenvalue weighted by atomic mass is 10.0. The molecule has 0 bridgehead atoms. The quantitative estimate of drug-likeness (QED) is 0.278. The first-order valence-corrected chi connectivity index (χ1v) is 13.0. The number of fused-ring (bicyclic) bond motifs is 3. The molecule has 36 heavy (non-hydrogen) atoms. The number of amidine groups is 1. The summed E-state index contributed by atoms with van der Waals surface area (Å²) in [4.78, 5) is 6.98. The lowest BCUT2D eigenvalue weighted by Gasteiger charge is -2.38. The normalized spacial score (nSPS) is 19.0. The number of unbranched alkanes of at least 4 members (excludes halogenated alkanes) is 1. The van der Waals surface area contributed by atoms with Crippen molar-refractivity contribution in [1.29, 1.82) is 0 Å². The van der Waals surface area contributed by atoms with Crippen molar-refractivity contribution in [2.45, 2.75) is 51.9 Å². The number of hydrogen-bond donors (Lipinski definition) is 2. The van der Waals surface area contributed by atoms with E-state index in [0.717, 1.165) is 45.9 Å². The molecular weight excluding hydrogens is 450 g/mol. The molecule has 0 saturated heterocycles. The zero-order valence-corrected chi connectivity index (χ0v) is 21.3. The van der Waals surface area contributed by atoms with Gasteiger partial charge in [0.25, 0.3) is 6.02 Å². The molecule has 0 aliphatic carbocycles. The first-order valence-electron chi connectivity index (χ1n) is 13.0. The highest BCUT2D eigenvalue weighted by molar-refractivity contribution is 6.05. The summed E-state index contributed by atoms with van der Waals surface area (Å²) < 4.78 is 12.7. The van der Waals surface area contributed by atoms with Crippen LogP contribution < -0.4 is 5.32 Å². The van der Waals surface area contributed by atoms with Crippen LogP contribution in [0.15, 0.2) is 76.1 Å². The van der Waals surface area contributed by atoms with Gasteiger partial charge in [-0.3, -0.25) is 5.32 Å². The Balaban J connectivity index is 1.54. The number of aromatic hydroxyl groups is 1. The Kier molecular flexibility index (Phi) is 7.14.